The first-order chi connectivity index (χ1) is 8.06. The summed E-state index contributed by atoms with van der Waals surface area (Å²) in [6, 6.07) is 0.448. The molecule has 1 rings (SSSR count). The van der Waals surface area contributed by atoms with Crippen LogP contribution in [0.1, 0.15) is 56.6 Å². The Morgan fingerprint density at radius 2 is 1.76 bits per heavy atom. The van der Waals surface area contributed by atoms with E-state index in [1.165, 1.54) is 29.8 Å². The molecule has 0 radical (unpaired) electrons. The summed E-state index contributed by atoms with van der Waals surface area (Å²) in [6.45, 7) is 12.0. The van der Waals surface area contributed by atoms with Crippen molar-refractivity contribution in [2.24, 2.45) is 13.0 Å². The zero-order valence-corrected chi connectivity index (χ0v) is 12.2. The molecule has 3 nitrogen and oxygen atoms in total. The van der Waals surface area contributed by atoms with E-state index in [0.717, 1.165) is 6.54 Å². The van der Waals surface area contributed by atoms with Crippen molar-refractivity contribution in [1.29, 1.82) is 0 Å². The molecule has 1 atom stereocenters. The molecule has 0 aromatic carbocycles. The quantitative estimate of drug-likeness (QED) is 0.824. The van der Waals surface area contributed by atoms with Gasteiger partial charge < -0.3 is 5.32 Å². The molecule has 0 aliphatic heterocycles. The van der Waals surface area contributed by atoms with Gasteiger partial charge in [0.05, 0.1) is 5.69 Å². The fraction of sp³-hybridized carbons (Fsp3) is 0.786. The highest BCUT2D eigenvalue weighted by Gasteiger charge is 2.25. The summed E-state index contributed by atoms with van der Waals surface area (Å²) in [5.41, 5.74) is 3.87. The Labute approximate surface area is 106 Å². The van der Waals surface area contributed by atoms with Crippen LogP contribution in [0.5, 0.6) is 0 Å². The molecule has 0 fully saturated rings. The predicted octanol–water partition coefficient (Wildman–Crippen LogP) is 3.12. The van der Waals surface area contributed by atoms with Crippen LogP contribution in [-0.4, -0.2) is 16.3 Å². The van der Waals surface area contributed by atoms with E-state index in [2.05, 4.69) is 45.0 Å². The van der Waals surface area contributed by atoms with Crippen LogP contribution in [0, 0.1) is 19.8 Å². The molecule has 98 valence electrons. The lowest BCUT2D eigenvalue weighted by molar-refractivity contribution is 0.344. The van der Waals surface area contributed by atoms with Crippen LogP contribution in [-0.2, 0) is 7.05 Å². The van der Waals surface area contributed by atoms with E-state index in [1.54, 1.807) is 0 Å². The number of hydrogen-bond acceptors (Lipinski definition) is 2. The summed E-state index contributed by atoms with van der Waals surface area (Å²) in [6.07, 6.45) is 2.42. The van der Waals surface area contributed by atoms with Crippen molar-refractivity contribution in [3.8, 4) is 0 Å². The smallest absolute Gasteiger partial charge is 0.0644 e. The molecule has 1 unspecified atom stereocenters. The van der Waals surface area contributed by atoms with Crippen molar-refractivity contribution in [2.75, 3.05) is 6.54 Å². The number of nitrogens with zero attached hydrogens (tertiary/aromatic N) is 2. The second-order valence-electron chi connectivity index (χ2n) is 4.82. The summed E-state index contributed by atoms with van der Waals surface area (Å²) in [5.74, 6) is 0.691. The van der Waals surface area contributed by atoms with Gasteiger partial charge in [0.1, 0.15) is 0 Å². The van der Waals surface area contributed by atoms with Crippen LogP contribution in [0.25, 0.3) is 0 Å². The van der Waals surface area contributed by atoms with Crippen molar-refractivity contribution in [3.63, 3.8) is 0 Å². The maximum atomic E-state index is 4.54. The SMILES string of the molecule is CCNC(c1c(C)nn(C)c1C)C(CC)CC. The third-order valence-corrected chi connectivity index (χ3v) is 3.82. The van der Waals surface area contributed by atoms with E-state index in [4.69, 9.17) is 0 Å². The van der Waals surface area contributed by atoms with Crippen LogP contribution in [0.4, 0.5) is 0 Å². The van der Waals surface area contributed by atoms with Gasteiger partial charge in [-0.2, -0.15) is 5.10 Å². The van der Waals surface area contributed by atoms with E-state index < -0.39 is 0 Å². The Kier molecular flexibility index (Phi) is 5.19. The first-order valence-corrected chi connectivity index (χ1v) is 6.80. The van der Waals surface area contributed by atoms with Crippen molar-refractivity contribution in [2.45, 2.75) is 53.5 Å². The minimum absolute atomic E-state index is 0.448. The second-order valence-corrected chi connectivity index (χ2v) is 4.82. The fourth-order valence-corrected chi connectivity index (χ4v) is 2.72. The normalized spacial score (nSPS) is 13.4. The van der Waals surface area contributed by atoms with E-state index in [-0.39, 0.29) is 0 Å². The monoisotopic (exact) mass is 237 g/mol. The average Bonchev–Trinajstić information content (AvgIpc) is 2.54. The van der Waals surface area contributed by atoms with E-state index in [9.17, 15) is 0 Å². The second kappa shape index (κ2) is 6.20. The Bertz CT molecular complexity index is 351. The number of aryl methyl sites for hydroxylation is 2. The Morgan fingerprint density at radius 3 is 2.12 bits per heavy atom. The topological polar surface area (TPSA) is 29.9 Å². The van der Waals surface area contributed by atoms with E-state index in [1.807, 2.05) is 11.7 Å². The van der Waals surface area contributed by atoms with Crippen LogP contribution >= 0.6 is 0 Å². The van der Waals surface area contributed by atoms with Gasteiger partial charge in [-0.05, 0) is 26.3 Å². The predicted molar refractivity (Wildman–Crippen MR) is 73.2 cm³/mol. The standard InChI is InChI=1S/C14H27N3/c1-7-12(8-2)14(15-9-3)13-10(4)16-17(6)11(13)5/h12,14-15H,7-9H2,1-6H3. The maximum absolute atomic E-state index is 4.54. The Balaban J connectivity index is 3.12. The van der Waals surface area contributed by atoms with Crippen LogP contribution < -0.4 is 5.32 Å². The minimum Gasteiger partial charge on any atom is -0.310 e. The average molecular weight is 237 g/mol. The molecule has 0 spiro atoms. The van der Waals surface area contributed by atoms with Gasteiger partial charge in [-0.1, -0.05) is 33.6 Å². The van der Waals surface area contributed by atoms with Gasteiger partial charge in [0.25, 0.3) is 0 Å². The molecule has 1 heterocycles. The zero-order chi connectivity index (χ0) is 13.0. The van der Waals surface area contributed by atoms with Gasteiger partial charge >= 0.3 is 0 Å². The minimum atomic E-state index is 0.448. The van der Waals surface area contributed by atoms with E-state index in [0.29, 0.717) is 12.0 Å². The van der Waals surface area contributed by atoms with Crippen molar-refractivity contribution >= 4 is 0 Å². The molecule has 0 saturated carbocycles. The highest BCUT2D eigenvalue weighted by atomic mass is 15.3. The summed E-state index contributed by atoms with van der Waals surface area (Å²) < 4.78 is 2.00. The van der Waals surface area contributed by atoms with Gasteiger partial charge in [-0.3, -0.25) is 4.68 Å². The van der Waals surface area contributed by atoms with Crippen molar-refractivity contribution in [1.82, 2.24) is 15.1 Å². The highest BCUT2D eigenvalue weighted by molar-refractivity contribution is 5.28. The molecule has 0 bridgehead atoms. The first-order valence-electron chi connectivity index (χ1n) is 6.80. The molecule has 1 aromatic rings. The largest absolute Gasteiger partial charge is 0.310 e. The lowest BCUT2D eigenvalue weighted by Gasteiger charge is -2.26. The maximum Gasteiger partial charge on any atom is 0.0644 e. The number of rotatable bonds is 6. The van der Waals surface area contributed by atoms with Crippen LogP contribution in [0.15, 0.2) is 0 Å². The van der Waals surface area contributed by atoms with Crippen molar-refractivity contribution in [3.05, 3.63) is 17.0 Å². The molecule has 3 heteroatoms. The lowest BCUT2D eigenvalue weighted by atomic mass is 9.87. The molecular formula is C14H27N3. The molecule has 0 aliphatic carbocycles. The summed E-state index contributed by atoms with van der Waals surface area (Å²) in [5, 5.41) is 8.18. The van der Waals surface area contributed by atoms with Crippen LogP contribution in [0.3, 0.4) is 0 Å². The third-order valence-electron chi connectivity index (χ3n) is 3.82. The zero-order valence-electron chi connectivity index (χ0n) is 12.2. The molecule has 0 saturated heterocycles. The lowest BCUT2D eigenvalue weighted by Crippen LogP contribution is -2.28. The summed E-state index contributed by atoms with van der Waals surface area (Å²) >= 11 is 0. The van der Waals surface area contributed by atoms with Gasteiger partial charge in [-0.15, -0.1) is 0 Å². The van der Waals surface area contributed by atoms with Gasteiger partial charge in [0.2, 0.25) is 0 Å². The molecular weight excluding hydrogens is 210 g/mol. The molecule has 1 N–H and O–H groups in total. The first kappa shape index (κ1) is 14.2. The Morgan fingerprint density at radius 1 is 1.18 bits per heavy atom. The van der Waals surface area contributed by atoms with Gasteiger partial charge in [0, 0.05) is 24.3 Å². The van der Waals surface area contributed by atoms with Crippen LogP contribution in [0.2, 0.25) is 0 Å². The number of hydrogen-bond donors (Lipinski definition) is 1. The molecule has 0 aliphatic rings. The molecule has 1 aromatic heterocycles. The third kappa shape index (κ3) is 2.89. The molecule has 17 heavy (non-hydrogen) atoms. The van der Waals surface area contributed by atoms with Gasteiger partial charge in [-0.25, -0.2) is 0 Å². The fourth-order valence-electron chi connectivity index (χ4n) is 2.72. The van der Waals surface area contributed by atoms with E-state index >= 15 is 0 Å². The van der Waals surface area contributed by atoms with Crippen molar-refractivity contribution < 1.29 is 0 Å². The number of aromatic nitrogens is 2. The molecule has 0 amide bonds. The summed E-state index contributed by atoms with van der Waals surface area (Å²) in [4.78, 5) is 0. The number of nitrogens with one attached hydrogen (secondary N) is 1. The van der Waals surface area contributed by atoms with Gasteiger partial charge in [0.15, 0.2) is 0 Å². The Hall–Kier alpha value is -0.830. The highest BCUT2D eigenvalue weighted by Crippen LogP contribution is 2.31. The summed E-state index contributed by atoms with van der Waals surface area (Å²) in [7, 11) is 2.03.